The number of nitrogens with two attached hydrogens (primary N) is 9. The van der Waals surface area contributed by atoms with Gasteiger partial charge in [0.2, 0.25) is 0 Å². The summed E-state index contributed by atoms with van der Waals surface area (Å²) in [4.78, 5) is 111. The molecule has 0 unspecified atom stereocenters. The third kappa shape index (κ3) is 71.2. The second-order valence-electron chi connectivity index (χ2n) is 13.4. The van der Waals surface area contributed by atoms with E-state index in [1.165, 1.54) is 13.8 Å². The molecule has 71 heavy (non-hydrogen) atoms. The SMILES string of the molecule is CSCC[C@H](N)C(=O)O.CSCC[C@H](N)C(=O)O.C[C@@H](OC(=O)[C@@H](N)CCCCN)[C@H](N)C(=O)O.C[C@H](N)C(=O)O.N[C@@H](CC(=O)O)C(=O)O.N[C@@H](CC(=O)O)C(=O)O.N[C@@H](CCC(=O)O)C(=O)O.[H-].[H-].[H-].[K+].[Mg+2]. The summed E-state index contributed by atoms with van der Waals surface area (Å²) < 4.78 is 4.86. The molecule has 9 atom stereocenters. The molecule has 31 nitrogen and oxygen atoms in total. The summed E-state index contributed by atoms with van der Waals surface area (Å²) in [6.45, 7) is 3.38. The van der Waals surface area contributed by atoms with Crippen molar-refractivity contribution in [2.24, 2.45) is 51.6 Å². The number of carbonyl (C=O) groups excluding carboxylic acids is 1. The van der Waals surface area contributed by atoms with Crippen LogP contribution in [0.15, 0.2) is 0 Å². The summed E-state index contributed by atoms with van der Waals surface area (Å²) >= 11 is 3.21. The van der Waals surface area contributed by atoms with Gasteiger partial charge in [0.1, 0.15) is 54.4 Å². The zero-order valence-corrected chi connectivity index (χ0v) is 46.4. The Morgan fingerprint density at radius 2 is 0.775 bits per heavy atom. The summed E-state index contributed by atoms with van der Waals surface area (Å²) in [6.07, 6.45) is 4.74. The molecule has 35 heteroatoms. The minimum absolute atomic E-state index is 0. The predicted octanol–water partition coefficient (Wildman–Crippen LogP) is -7.52. The molecule has 0 heterocycles. The standard InChI is InChI=1S/C10H21N3O4.C5H9NO4.2C5H11NO2S.2C4H7NO4.C3H7NO2.K.Mg.3H/c1-6(8(13)9(14)15)17-10(16)7(12)4-2-3-5-11;6-3(5(9)10)1-2-4(7)8;2*1-9-3-2-4(6)5(7)8;2*5-2(4(8)9)1-3(6)7;1-2(4)3(5)6;;;;;/h6-8H,2-5,11-13H2,1H3,(H,14,15);3H,1-2,6H2,(H,7,8)(H,9,10);2*4H,2-3,6H2,1H3,(H,7,8);2*2H,1,5H2,(H,6,7)(H,8,9);2H,4H2,1H3,(H,5,6);;;;;/q;;;;;;;+1;+2;3*-1/t6-,7+,8+;3-;2*4-;3*2-;;;;;/m1000000...../s1. The van der Waals surface area contributed by atoms with Crippen LogP contribution in [0.1, 0.15) is 75.9 Å². The third-order valence-corrected chi connectivity index (χ3v) is 8.35. The maximum Gasteiger partial charge on any atom is 2.00 e. The van der Waals surface area contributed by atoms with Gasteiger partial charge in [-0.2, -0.15) is 23.5 Å². The van der Waals surface area contributed by atoms with Crippen molar-refractivity contribution in [1.29, 1.82) is 0 Å². The Kier molecular flexibility index (Phi) is 69.4. The number of thioether (sulfide) groups is 2. The van der Waals surface area contributed by atoms with Gasteiger partial charge in [0.15, 0.2) is 0 Å². The first-order valence-electron chi connectivity index (χ1n) is 19.7. The normalized spacial score (nSPS) is 13.3. The Morgan fingerprint density at radius 3 is 0.986 bits per heavy atom. The van der Waals surface area contributed by atoms with Gasteiger partial charge in [-0.3, -0.25) is 52.7 Å². The Balaban J connectivity index is -0.0000000612. The molecule has 0 radical (unpaired) electrons. The average molecular weight is 1110 g/mol. The number of carboxylic acid groups (broad SMARTS) is 10. The molecule has 0 spiro atoms. The predicted molar refractivity (Wildman–Crippen MR) is 258 cm³/mol. The fraction of sp³-hybridized carbons (Fsp3) is 0.694. The number of aliphatic carboxylic acids is 10. The number of rotatable bonds is 27. The molecule has 0 aliphatic heterocycles. The van der Waals surface area contributed by atoms with E-state index in [-0.39, 0.29) is 91.6 Å². The van der Waals surface area contributed by atoms with Crippen molar-refractivity contribution in [3.63, 3.8) is 0 Å². The van der Waals surface area contributed by atoms with Crippen LogP contribution in [0, 0.1) is 0 Å². The molecule has 0 aromatic rings. The molecule has 0 fully saturated rings. The van der Waals surface area contributed by atoms with E-state index in [2.05, 4.69) is 0 Å². The van der Waals surface area contributed by atoms with Crippen LogP contribution in [0.4, 0.5) is 0 Å². The van der Waals surface area contributed by atoms with Crippen LogP contribution in [0.3, 0.4) is 0 Å². The van der Waals surface area contributed by atoms with Crippen LogP contribution in [-0.2, 0) is 57.5 Å². The van der Waals surface area contributed by atoms with E-state index in [0.717, 1.165) is 24.3 Å². The number of unbranched alkanes of at least 4 members (excludes halogenated alkanes) is 1. The Bertz CT molecular complexity index is 1500. The van der Waals surface area contributed by atoms with Crippen molar-refractivity contribution >= 4 is 112 Å². The Hall–Kier alpha value is -3.09. The van der Waals surface area contributed by atoms with E-state index < -0.39 is 133 Å². The van der Waals surface area contributed by atoms with Crippen molar-refractivity contribution in [3.8, 4) is 0 Å². The molecule has 0 bridgehead atoms. The third-order valence-electron chi connectivity index (χ3n) is 7.06. The monoisotopic (exact) mass is 1110 g/mol. The van der Waals surface area contributed by atoms with Gasteiger partial charge in [0.05, 0.1) is 12.8 Å². The topological polar surface area (TPSA) is 633 Å². The van der Waals surface area contributed by atoms with Crippen LogP contribution < -0.4 is 103 Å². The molecule has 0 saturated heterocycles. The summed E-state index contributed by atoms with van der Waals surface area (Å²) in [5.41, 5.74) is 46.1. The van der Waals surface area contributed by atoms with Gasteiger partial charge in [-0.05, 0) is 76.5 Å². The summed E-state index contributed by atoms with van der Waals surface area (Å²) in [5, 5.41) is 81.4. The van der Waals surface area contributed by atoms with Crippen molar-refractivity contribution in [3.05, 3.63) is 0 Å². The molecule has 412 valence electrons. The number of ether oxygens (including phenoxy) is 1. The first-order chi connectivity index (χ1) is 31.5. The van der Waals surface area contributed by atoms with Crippen molar-refractivity contribution in [2.45, 2.75) is 126 Å². The first-order valence-corrected chi connectivity index (χ1v) is 22.5. The molecule has 0 aromatic carbocycles. The van der Waals surface area contributed by atoms with Crippen molar-refractivity contribution in [1.82, 2.24) is 0 Å². The van der Waals surface area contributed by atoms with Gasteiger partial charge in [0.25, 0.3) is 0 Å². The molecule has 0 aliphatic rings. The molecular weight excluding hydrogens is 1040 g/mol. The van der Waals surface area contributed by atoms with E-state index in [4.69, 9.17) is 107 Å². The second kappa shape index (κ2) is 56.2. The molecule has 0 rings (SSSR count). The number of esters is 1. The number of carbonyl (C=O) groups is 11. The smallest absolute Gasteiger partial charge is 1.00 e. The molecule has 0 aliphatic carbocycles. The number of carboxylic acids is 10. The van der Waals surface area contributed by atoms with E-state index in [1.54, 1.807) is 23.5 Å². The van der Waals surface area contributed by atoms with Gasteiger partial charge >= 0.3 is 140 Å². The second-order valence-corrected chi connectivity index (χ2v) is 15.4. The Morgan fingerprint density at radius 1 is 0.465 bits per heavy atom. The first kappa shape index (κ1) is 87.6. The van der Waals surface area contributed by atoms with Crippen LogP contribution >= 0.6 is 23.5 Å². The summed E-state index contributed by atoms with van der Waals surface area (Å²) in [6, 6.07) is -7.74. The van der Waals surface area contributed by atoms with Crippen LogP contribution in [0.2, 0.25) is 0 Å². The zero-order valence-electron chi connectivity index (χ0n) is 43.3. The fourth-order valence-electron chi connectivity index (χ4n) is 2.86. The number of hydrogen-bond donors (Lipinski definition) is 19. The van der Waals surface area contributed by atoms with Crippen LogP contribution in [0.25, 0.3) is 0 Å². The van der Waals surface area contributed by atoms with E-state index in [1.807, 2.05) is 12.5 Å². The van der Waals surface area contributed by atoms with Gasteiger partial charge in [-0.25, -0.2) is 0 Å². The van der Waals surface area contributed by atoms with Crippen molar-refractivity contribution < 1.29 is 164 Å². The van der Waals surface area contributed by atoms with Gasteiger partial charge in [0, 0.05) is 6.42 Å². The summed E-state index contributed by atoms with van der Waals surface area (Å²) in [7, 11) is 0. The van der Waals surface area contributed by atoms with Crippen LogP contribution in [-0.4, -0.2) is 225 Å². The van der Waals surface area contributed by atoms with Gasteiger partial charge in [-0.15, -0.1) is 0 Å². The zero-order chi connectivity index (χ0) is 56.2. The maximum atomic E-state index is 11.4. The molecule has 28 N–H and O–H groups in total. The molecule has 0 amide bonds. The molecule has 0 saturated carbocycles. The Labute approximate surface area is 480 Å². The minimum atomic E-state index is -1.29. The van der Waals surface area contributed by atoms with E-state index in [0.29, 0.717) is 25.8 Å². The largest absolute Gasteiger partial charge is 2.00 e. The van der Waals surface area contributed by atoms with E-state index >= 15 is 0 Å². The molecule has 0 aromatic heterocycles. The van der Waals surface area contributed by atoms with Gasteiger partial charge in [-0.1, -0.05) is 6.42 Å². The quantitative estimate of drug-likeness (QED) is 0.0206. The van der Waals surface area contributed by atoms with Crippen LogP contribution in [0.5, 0.6) is 0 Å². The molecular formula is C36H76KMgN9O22S2. The van der Waals surface area contributed by atoms with Gasteiger partial charge < -0.3 is 112 Å². The maximum absolute atomic E-state index is 11.4. The average Bonchev–Trinajstić information content (AvgIpc) is 3.23. The minimum Gasteiger partial charge on any atom is -1.00 e. The van der Waals surface area contributed by atoms with Crippen molar-refractivity contribution in [2.75, 3.05) is 30.6 Å². The van der Waals surface area contributed by atoms with E-state index in [9.17, 15) is 52.7 Å². The number of hydrogen-bond acceptors (Lipinski definition) is 23. The fourth-order valence-corrected chi connectivity index (χ4v) is 3.84. The summed E-state index contributed by atoms with van der Waals surface area (Å²) in [5.74, 6) is -10.2.